The van der Waals surface area contributed by atoms with Crippen LogP contribution in [0.15, 0.2) is 60.8 Å². The van der Waals surface area contributed by atoms with E-state index in [2.05, 4.69) is 63.0 Å². The van der Waals surface area contributed by atoms with Crippen LogP contribution < -0.4 is 0 Å². The molecule has 0 saturated heterocycles. The largest absolute Gasteiger partial charge is 0.300 e. The zero-order chi connectivity index (χ0) is 15.8. The third-order valence-corrected chi connectivity index (χ3v) is 4.45. The normalized spacial score (nSPS) is 25.0. The van der Waals surface area contributed by atoms with E-state index in [1.807, 2.05) is 13.0 Å². The summed E-state index contributed by atoms with van der Waals surface area (Å²) in [5.41, 5.74) is 1.24. The maximum atomic E-state index is 11.4. The van der Waals surface area contributed by atoms with E-state index in [4.69, 9.17) is 0 Å². The minimum Gasteiger partial charge on any atom is -0.300 e. The summed E-state index contributed by atoms with van der Waals surface area (Å²) < 4.78 is 0. The molecular formula is C20H30O. The molecule has 4 atom stereocenters. The quantitative estimate of drug-likeness (QED) is 0.562. The van der Waals surface area contributed by atoms with Crippen molar-refractivity contribution in [3.8, 4) is 0 Å². The molecule has 0 fully saturated rings. The summed E-state index contributed by atoms with van der Waals surface area (Å²) in [4.78, 5) is 11.4. The molecule has 116 valence electrons. The molecule has 0 spiro atoms. The number of Topliss-reactive ketones (excluding diaryl/α,β-unsaturated/α-hetero) is 1. The lowest BCUT2D eigenvalue weighted by atomic mass is 9.85. The van der Waals surface area contributed by atoms with Crippen LogP contribution >= 0.6 is 0 Å². The lowest BCUT2D eigenvalue weighted by molar-refractivity contribution is -0.121. The van der Waals surface area contributed by atoms with Crippen LogP contribution in [0.5, 0.6) is 0 Å². The first-order valence-corrected chi connectivity index (χ1v) is 7.81. The van der Waals surface area contributed by atoms with Gasteiger partial charge in [0.05, 0.1) is 0 Å². The molecule has 0 bridgehead atoms. The Balaban J connectivity index is 0.00000441. The molecule has 0 saturated carbocycles. The molecule has 1 rings (SSSR count). The predicted molar refractivity (Wildman–Crippen MR) is 94.1 cm³/mol. The summed E-state index contributed by atoms with van der Waals surface area (Å²) in [6.45, 7) is 11.9. The van der Waals surface area contributed by atoms with Crippen molar-refractivity contribution < 1.29 is 6.22 Å². The van der Waals surface area contributed by atoms with Crippen LogP contribution in [0.4, 0.5) is 0 Å². The van der Waals surface area contributed by atoms with Crippen LogP contribution in [0.3, 0.4) is 0 Å². The summed E-state index contributed by atoms with van der Waals surface area (Å²) in [6.07, 6.45) is 18.0. The zero-order valence-corrected chi connectivity index (χ0v) is 13.8. The zero-order valence-electron chi connectivity index (χ0n) is 13.8. The highest BCUT2D eigenvalue weighted by molar-refractivity contribution is 5.78. The number of allylic oxidation sites excluding steroid dienone is 9. The maximum absolute atomic E-state index is 11.4. The first-order chi connectivity index (χ1) is 9.95. The van der Waals surface area contributed by atoms with E-state index in [0.29, 0.717) is 11.8 Å². The van der Waals surface area contributed by atoms with Gasteiger partial charge in [-0.05, 0) is 36.7 Å². The Labute approximate surface area is 131 Å². The third-order valence-electron chi connectivity index (χ3n) is 4.45. The van der Waals surface area contributed by atoms with Gasteiger partial charge < -0.3 is 0 Å². The Hall–Kier alpha value is -1.63. The van der Waals surface area contributed by atoms with E-state index in [1.54, 1.807) is 6.92 Å². The molecule has 0 aliphatic heterocycles. The second-order valence-electron chi connectivity index (χ2n) is 6.09. The van der Waals surface area contributed by atoms with Crippen molar-refractivity contribution >= 4 is 5.78 Å². The number of hydrogen-bond acceptors (Lipinski definition) is 1. The van der Waals surface area contributed by atoms with Crippen molar-refractivity contribution in [2.24, 2.45) is 23.7 Å². The van der Waals surface area contributed by atoms with Crippen LogP contribution in [0.2, 0.25) is 0 Å². The summed E-state index contributed by atoms with van der Waals surface area (Å²) in [7, 11) is 0. The second kappa shape index (κ2) is 8.61. The maximum Gasteiger partial charge on any atom is 0.133 e. The Kier molecular flexibility index (Phi) is 7.14. The summed E-state index contributed by atoms with van der Waals surface area (Å²) in [6, 6.07) is 0. The smallest absolute Gasteiger partial charge is 0.133 e. The average Bonchev–Trinajstić information content (AvgIpc) is 2.47. The lowest BCUT2D eigenvalue weighted by Gasteiger charge is -2.20. The van der Waals surface area contributed by atoms with Crippen molar-refractivity contribution in [3.05, 3.63) is 60.8 Å². The first-order valence-electron chi connectivity index (χ1n) is 7.81. The van der Waals surface area contributed by atoms with Crippen molar-refractivity contribution in [2.75, 3.05) is 0 Å². The number of ketones is 1. The van der Waals surface area contributed by atoms with E-state index < -0.39 is 0 Å². The average molecular weight is 286 g/mol. The topological polar surface area (TPSA) is 17.1 Å². The van der Waals surface area contributed by atoms with Crippen molar-refractivity contribution in [1.29, 1.82) is 0 Å². The third kappa shape index (κ3) is 5.71. The summed E-state index contributed by atoms with van der Waals surface area (Å²) in [5.74, 6) is 1.70. The fourth-order valence-electron chi connectivity index (χ4n) is 2.40. The van der Waals surface area contributed by atoms with Gasteiger partial charge in [0.15, 0.2) is 0 Å². The van der Waals surface area contributed by atoms with Crippen LogP contribution in [-0.2, 0) is 4.79 Å². The number of carbonyl (C=O) groups is 1. The van der Waals surface area contributed by atoms with Gasteiger partial charge in [0.1, 0.15) is 5.78 Å². The fourth-order valence-corrected chi connectivity index (χ4v) is 2.40. The molecule has 0 radical (unpaired) electrons. The van der Waals surface area contributed by atoms with Crippen LogP contribution in [-0.4, -0.2) is 5.78 Å². The highest BCUT2D eigenvalue weighted by atomic mass is 16.1. The Bertz CT molecular complexity index is 482. The van der Waals surface area contributed by atoms with Crippen LogP contribution in [0.1, 0.15) is 35.5 Å². The lowest BCUT2D eigenvalue weighted by Crippen LogP contribution is -2.13. The second-order valence-corrected chi connectivity index (χ2v) is 6.09. The van der Waals surface area contributed by atoms with Gasteiger partial charge in [-0.25, -0.2) is 0 Å². The molecule has 0 amide bonds. The highest BCUT2D eigenvalue weighted by Crippen LogP contribution is 2.26. The molecule has 0 aromatic carbocycles. The Morgan fingerprint density at radius 2 is 2.00 bits per heavy atom. The van der Waals surface area contributed by atoms with E-state index >= 15 is 0 Å². The van der Waals surface area contributed by atoms with Crippen molar-refractivity contribution in [2.45, 2.75) is 34.1 Å². The van der Waals surface area contributed by atoms with Crippen LogP contribution in [0, 0.1) is 23.7 Å². The molecule has 0 N–H and O–H groups in total. The molecule has 1 nitrogen and oxygen atoms in total. The molecule has 0 aromatic heterocycles. The standard InChI is InChI=1S/C20H28O.H2/c1-6-19(14-20-13-8-7-10-16(20)3)12-9-11-15(2)17(4)18(5)21;/h6-13,15-17,20H,1,14H2,2-5H3;1H/b11-9-,19-12+;. The number of hydrogen-bond donors (Lipinski definition) is 0. The predicted octanol–water partition coefficient (Wildman–Crippen LogP) is 5.53. The van der Waals surface area contributed by atoms with Crippen molar-refractivity contribution in [1.82, 2.24) is 0 Å². The van der Waals surface area contributed by atoms with Gasteiger partial charge in [0.2, 0.25) is 0 Å². The fraction of sp³-hybridized carbons (Fsp3) is 0.450. The van der Waals surface area contributed by atoms with E-state index in [-0.39, 0.29) is 19.0 Å². The summed E-state index contributed by atoms with van der Waals surface area (Å²) in [5, 5.41) is 0. The SMILES string of the molecule is C=C/C(=C\C=C/C(C)C(C)C(C)=O)CC1C=CC=CC1C.[HH]. The van der Waals surface area contributed by atoms with Gasteiger partial charge in [-0.3, -0.25) is 4.79 Å². The van der Waals surface area contributed by atoms with Gasteiger partial charge in [0, 0.05) is 7.34 Å². The molecule has 21 heavy (non-hydrogen) atoms. The Morgan fingerprint density at radius 1 is 1.33 bits per heavy atom. The molecular weight excluding hydrogens is 256 g/mol. The molecule has 1 heteroatoms. The summed E-state index contributed by atoms with van der Waals surface area (Å²) >= 11 is 0. The minimum atomic E-state index is 0. The molecule has 4 unspecified atom stereocenters. The molecule has 0 aromatic rings. The Morgan fingerprint density at radius 3 is 2.57 bits per heavy atom. The van der Waals surface area contributed by atoms with Gasteiger partial charge in [-0.1, -0.05) is 76.0 Å². The molecule has 0 heterocycles. The molecule has 1 aliphatic carbocycles. The number of rotatable bonds is 7. The van der Waals surface area contributed by atoms with Gasteiger partial charge in [0.25, 0.3) is 0 Å². The van der Waals surface area contributed by atoms with E-state index in [0.717, 1.165) is 6.42 Å². The molecule has 1 aliphatic rings. The minimum absolute atomic E-state index is 0. The van der Waals surface area contributed by atoms with E-state index in [1.165, 1.54) is 5.57 Å². The van der Waals surface area contributed by atoms with Crippen LogP contribution in [0.25, 0.3) is 0 Å². The monoisotopic (exact) mass is 286 g/mol. The van der Waals surface area contributed by atoms with E-state index in [9.17, 15) is 4.79 Å². The highest BCUT2D eigenvalue weighted by Gasteiger charge is 2.15. The van der Waals surface area contributed by atoms with Gasteiger partial charge >= 0.3 is 0 Å². The van der Waals surface area contributed by atoms with Crippen molar-refractivity contribution in [3.63, 3.8) is 0 Å². The number of carbonyl (C=O) groups excluding carboxylic acids is 1. The first kappa shape index (κ1) is 17.4. The van der Waals surface area contributed by atoms with Gasteiger partial charge in [-0.15, -0.1) is 0 Å². The van der Waals surface area contributed by atoms with Gasteiger partial charge in [-0.2, -0.15) is 0 Å².